The largest absolute Gasteiger partial charge is 0.251 e. The second-order valence-corrected chi connectivity index (χ2v) is 4.97. The first-order valence-corrected chi connectivity index (χ1v) is 6.13. The predicted molar refractivity (Wildman–Crippen MR) is 55.1 cm³/mol. The minimum atomic E-state index is 0.528. The minimum absolute atomic E-state index is 0.528. The van der Waals surface area contributed by atoms with E-state index in [1.165, 1.54) is 24.1 Å². The highest BCUT2D eigenvalue weighted by atomic mass is 32.2. The highest BCUT2D eigenvalue weighted by molar-refractivity contribution is 7.98. The Kier molecular flexibility index (Phi) is 1.81. The summed E-state index contributed by atoms with van der Waals surface area (Å²) in [6, 6.07) is 2.84. The lowest BCUT2D eigenvalue weighted by Gasteiger charge is -2.07. The zero-order chi connectivity index (χ0) is 9.54. The van der Waals surface area contributed by atoms with Crippen LogP contribution in [0, 0.1) is 11.3 Å². The number of hydrogen-bond acceptors (Lipinski definition) is 3. The van der Waals surface area contributed by atoms with Crippen LogP contribution in [0.2, 0.25) is 0 Å². The van der Waals surface area contributed by atoms with Crippen LogP contribution in [0.15, 0.2) is 0 Å². The Morgan fingerprint density at radius 2 is 2.36 bits per heavy atom. The van der Waals surface area contributed by atoms with Gasteiger partial charge in [0, 0.05) is 17.7 Å². The van der Waals surface area contributed by atoms with E-state index in [-0.39, 0.29) is 0 Å². The van der Waals surface area contributed by atoms with Gasteiger partial charge in [0.1, 0.15) is 11.8 Å². The lowest BCUT2D eigenvalue weighted by Crippen LogP contribution is -2.00. The molecule has 0 amide bonds. The van der Waals surface area contributed by atoms with Crippen LogP contribution in [-0.2, 0) is 12.2 Å². The minimum Gasteiger partial charge on any atom is -0.251 e. The smallest absolute Gasteiger partial charge is 0.143 e. The highest BCUT2D eigenvalue weighted by Gasteiger charge is 2.30. The summed E-state index contributed by atoms with van der Waals surface area (Å²) in [5.41, 5.74) is 3.21. The molecule has 0 radical (unpaired) electrons. The van der Waals surface area contributed by atoms with Gasteiger partial charge in [0.05, 0.1) is 11.7 Å². The van der Waals surface area contributed by atoms with Gasteiger partial charge in [-0.05, 0) is 18.6 Å². The second-order valence-electron chi connectivity index (χ2n) is 3.86. The molecule has 14 heavy (non-hydrogen) atoms. The molecule has 0 spiro atoms. The Morgan fingerprint density at radius 1 is 1.50 bits per heavy atom. The standard InChI is InChI=1S/C10H11N3S/c11-5-10-8-6-14-4-3-9(8)12-13(10)7-1-2-7/h7H,1-4,6H2. The zero-order valence-electron chi connectivity index (χ0n) is 7.86. The molecule has 1 fully saturated rings. The predicted octanol–water partition coefficient (Wildman–Crippen LogP) is 1.88. The molecule has 0 atom stereocenters. The van der Waals surface area contributed by atoms with Crippen molar-refractivity contribution < 1.29 is 0 Å². The van der Waals surface area contributed by atoms with Gasteiger partial charge >= 0.3 is 0 Å². The average molecular weight is 205 g/mol. The van der Waals surface area contributed by atoms with Crippen LogP contribution in [0.3, 0.4) is 0 Å². The number of aryl methyl sites for hydroxylation is 1. The molecule has 0 bridgehead atoms. The molecule has 1 aromatic rings. The number of nitrogens with zero attached hydrogens (tertiary/aromatic N) is 3. The summed E-state index contributed by atoms with van der Waals surface area (Å²) >= 11 is 1.91. The Balaban J connectivity index is 2.12. The molecule has 0 saturated heterocycles. The van der Waals surface area contributed by atoms with E-state index in [0.29, 0.717) is 6.04 Å². The Labute approximate surface area is 87.1 Å². The van der Waals surface area contributed by atoms with Gasteiger partial charge in [-0.15, -0.1) is 0 Å². The molecule has 2 heterocycles. The molecule has 2 aliphatic rings. The SMILES string of the molecule is N#Cc1c2c(nn1C1CC1)CCSC2. The van der Waals surface area contributed by atoms with Gasteiger partial charge in [-0.1, -0.05) is 0 Å². The van der Waals surface area contributed by atoms with E-state index < -0.39 is 0 Å². The summed E-state index contributed by atoms with van der Waals surface area (Å²) in [7, 11) is 0. The summed E-state index contributed by atoms with van der Waals surface area (Å²) < 4.78 is 1.97. The molecule has 3 nitrogen and oxygen atoms in total. The molecule has 0 aromatic carbocycles. The molecule has 0 unspecified atom stereocenters. The number of thioether (sulfide) groups is 1. The molecular formula is C10H11N3S. The van der Waals surface area contributed by atoms with E-state index in [4.69, 9.17) is 5.26 Å². The topological polar surface area (TPSA) is 41.6 Å². The molecule has 3 rings (SSSR count). The van der Waals surface area contributed by atoms with Crippen molar-refractivity contribution in [3.05, 3.63) is 17.0 Å². The van der Waals surface area contributed by atoms with Crippen LogP contribution in [0.4, 0.5) is 0 Å². The first kappa shape index (κ1) is 8.37. The Hall–Kier alpha value is -0.950. The fourth-order valence-corrected chi connectivity index (χ4v) is 2.90. The van der Waals surface area contributed by atoms with Crippen molar-refractivity contribution in [1.29, 1.82) is 5.26 Å². The molecule has 1 aromatic heterocycles. The van der Waals surface area contributed by atoms with Gasteiger partial charge in [0.15, 0.2) is 0 Å². The van der Waals surface area contributed by atoms with Gasteiger partial charge < -0.3 is 0 Å². The lowest BCUT2D eigenvalue weighted by molar-refractivity contribution is 0.624. The van der Waals surface area contributed by atoms with Crippen LogP contribution < -0.4 is 0 Å². The van der Waals surface area contributed by atoms with E-state index in [1.54, 1.807) is 0 Å². The van der Waals surface area contributed by atoms with Crippen LogP contribution in [0.5, 0.6) is 0 Å². The summed E-state index contributed by atoms with van der Waals surface area (Å²) in [6.45, 7) is 0. The summed E-state index contributed by atoms with van der Waals surface area (Å²) in [6.07, 6.45) is 3.43. The number of aromatic nitrogens is 2. The van der Waals surface area contributed by atoms with Crippen LogP contribution >= 0.6 is 11.8 Å². The monoisotopic (exact) mass is 205 g/mol. The van der Waals surface area contributed by atoms with Crippen molar-refractivity contribution in [3.63, 3.8) is 0 Å². The Morgan fingerprint density at radius 3 is 3.07 bits per heavy atom. The zero-order valence-corrected chi connectivity index (χ0v) is 8.68. The van der Waals surface area contributed by atoms with E-state index in [9.17, 15) is 0 Å². The van der Waals surface area contributed by atoms with Crippen molar-refractivity contribution in [2.45, 2.75) is 31.1 Å². The van der Waals surface area contributed by atoms with Gasteiger partial charge in [-0.3, -0.25) is 4.68 Å². The third kappa shape index (κ3) is 1.16. The van der Waals surface area contributed by atoms with E-state index in [1.807, 2.05) is 16.4 Å². The third-order valence-corrected chi connectivity index (χ3v) is 3.81. The van der Waals surface area contributed by atoms with Crippen LogP contribution in [0.25, 0.3) is 0 Å². The van der Waals surface area contributed by atoms with Crippen molar-refractivity contribution in [2.75, 3.05) is 5.75 Å². The third-order valence-electron chi connectivity index (χ3n) is 2.82. The van der Waals surface area contributed by atoms with Gasteiger partial charge in [0.2, 0.25) is 0 Å². The Bertz CT molecular complexity index is 412. The molecular weight excluding hydrogens is 194 g/mol. The number of rotatable bonds is 1. The number of nitriles is 1. The first-order chi connectivity index (χ1) is 6.90. The summed E-state index contributed by atoms with van der Waals surface area (Å²) in [4.78, 5) is 0. The molecule has 0 N–H and O–H groups in total. The lowest BCUT2D eigenvalue weighted by atomic mass is 10.2. The molecule has 1 aliphatic carbocycles. The van der Waals surface area contributed by atoms with Crippen molar-refractivity contribution in [3.8, 4) is 6.07 Å². The van der Waals surface area contributed by atoms with Gasteiger partial charge in [-0.25, -0.2) is 0 Å². The quantitative estimate of drug-likeness (QED) is 0.703. The number of hydrogen-bond donors (Lipinski definition) is 0. The fraction of sp³-hybridized carbons (Fsp3) is 0.600. The maximum atomic E-state index is 9.12. The normalized spacial score (nSPS) is 20.2. The van der Waals surface area contributed by atoms with Gasteiger partial charge in [0.25, 0.3) is 0 Å². The molecule has 1 aliphatic heterocycles. The summed E-state index contributed by atoms with van der Waals surface area (Å²) in [5.74, 6) is 2.13. The van der Waals surface area contributed by atoms with Crippen molar-refractivity contribution in [2.24, 2.45) is 0 Å². The first-order valence-electron chi connectivity index (χ1n) is 4.98. The maximum absolute atomic E-state index is 9.12. The van der Waals surface area contributed by atoms with E-state index in [0.717, 1.165) is 23.6 Å². The van der Waals surface area contributed by atoms with Crippen molar-refractivity contribution in [1.82, 2.24) is 9.78 Å². The average Bonchev–Trinajstić information content (AvgIpc) is 2.99. The molecule has 72 valence electrons. The molecule has 1 saturated carbocycles. The fourth-order valence-electron chi connectivity index (χ4n) is 1.91. The van der Waals surface area contributed by atoms with Crippen LogP contribution in [-0.4, -0.2) is 15.5 Å². The van der Waals surface area contributed by atoms with Crippen molar-refractivity contribution >= 4 is 11.8 Å². The van der Waals surface area contributed by atoms with E-state index in [2.05, 4.69) is 11.2 Å². The summed E-state index contributed by atoms with van der Waals surface area (Å²) in [5, 5.41) is 13.7. The van der Waals surface area contributed by atoms with Gasteiger partial charge in [-0.2, -0.15) is 22.1 Å². The molecule has 4 heteroatoms. The van der Waals surface area contributed by atoms with E-state index >= 15 is 0 Å². The van der Waals surface area contributed by atoms with Crippen LogP contribution in [0.1, 0.15) is 35.8 Å². The maximum Gasteiger partial charge on any atom is 0.143 e. The second kappa shape index (κ2) is 3.03. The number of fused-ring (bicyclic) bond motifs is 1. The highest BCUT2D eigenvalue weighted by Crippen LogP contribution is 2.38.